The van der Waals surface area contributed by atoms with Gasteiger partial charge in [-0.3, -0.25) is 0 Å². The highest BCUT2D eigenvalue weighted by Crippen LogP contribution is 2.29. The highest BCUT2D eigenvalue weighted by Gasteiger charge is 2.31. The van der Waals surface area contributed by atoms with Crippen LogP contribution < -0.4 is 5.73 Å². The molecule has 0 saturated carbocycles. The summed E-state index contributed by atoms with van der Waals surface area (Å²) in [5, 5.41) is 0. The highest BCUT2D eigenvalue weighted by molar-refractivity contribution is 9.10. The number of methoxy groups -OCH3 is 1. The third-order valence-electron chi connectivity index (χ3n) is 2.59. The van der Waals surface area contributed by atoms with Crippen molar-refractivity contribution in [3.8, 4) is 0 Å². The minimum Gasteiger partial charge on any atom is -0.452 e. The van der Waals surface area contributed by atoms with Crippen LogP contribution >= 0.6 is 15.9 Å². The lowest BCUT2D eigenvalue weighted by molar-refractivity contribution is 0.171. The van der Waals surface area contributed by atoms with Crippen LogP contribution in [-0.4, -0.2) is 39.0 Å². The summed E-state index contributed by atoms with van der Waals surface area (Å²) in [4.78, 5) is 0.0951. The van der Waals surface area contributed by atoms with Gasteiger partial charge < -0.3 is 14.9 Å². The second kappa shape index (κ2) is 6.85. The van der Waals surface area contributed by atoms with Gasteiger partial charge in [0.05, 0.1) is 13.2 Å². The predicted molar refractivity (Wildman–Crippen MR) is 75.2 cm³/mol. The van der Waals surface area contributed by atoms with Crippen LogP contribution in [0.1, 0.15) is 19.6 Å². The molecule has 110 valence electrons. The Morgan fingerprint density at radius 1 is 1.53 bits per heavy atom. The number of halogens is 1. The second-order valence-electron chi connectivity index (χ2n) is 4.26. The summed E-state index contributed by atoms with van der Waals surface area (Å²) in [6.07, 6.45) is 0. The summed E-state index contributed by atoms with van der Waals surface area (Å²) in [5.74, 6) is 0.417. The Kier molecular flexibility index (Phi) is 6.00. The SMILES string of the molecule is COCCN(C(C)C)S(=O)(=O)c1cc(CN)oc1Br. The van der Waals surface area contributed by atoms with Crippen LogP contribution in [0.2, 0.25) is 0 Å². The molecule has 6 nitrogen and oxygen atoms in total. The van der Waals surface area contributed by atoms with Crippen molar-refractivity contribution < 1.29 is 17.6 Å². The molecule has 0 fully saturated rings. The molecule has 0 spiro atoms. The highest BCUT2D eigenvalue weighted by atomic mass is 79.9. The van der Waals surface area contributed by atoms with E-state index in [1.165, 1.54) is 17.5 Å². The zero-order valence-electron chi connectivity index (χ0n) is 11.2. The summed E-state index contributed by atoms with van der Waals surface area (Å²) in [6, 6.07) is 1.27. The first-order chi connectivity index (χ1) is 8.84. The maximum absolute atomic E-state index is 12.6. The summed E-state index contributed by atoms with van der Waals surface area (Å²) in [6.45, 7) is 4.38. The van der Waals surface area contributed by atoms with Crippen molar-refractivity contribution in [1.82, 2.24) is 4.31 Å². The van der Waals surface area contributed by atoms with Crippen LogP contribution in [0.15, 0.2) is 20.0 Å². The van der Waals surface area contributed by atoms with E-state index in [1.54, 1.807) is 0 Å². The first-order valence-corrected chi connectivity index (χ1v) is 8.07. The largest absolute Gasteiger partial charge is 0.452 e. The number of nitrogens with zero attached hydrogens (tertiary/aromatic N) is 1. The third kappa shape index (κ3) is 3.79. The van der Waals surface area contributed by atoms with Crippen LogP contribution in [0.25, 0.3) is 0 Å². The van der Waals surface area contributed by atoms with Gasteiger partial charge >= 0.3 is 0 Å². The van der Waals surface area contributed by atoms with Crippen molar-refractivity contribution >= 4 is 26.0 Å². The number of rotatable bonds is 7. The first kappa shape index (κ1) is 16.6. The van der Waals surface area contributed by atoms with Gasteiger partial charge in [0.15, 0.2) is 4.67 Å². The molecule has 0 aromatic carbocycles. The quantitative estimate of drug-likeness (QED) is 0.802. The summed E-state index contributed by atoms with van der Waals surface area (Å²) in [5.41, 5.74) is 5.45. The Balaban J connectivity index is 3.14. The molecule has 2 N–H and O–H groups in total. The topological polar surface area (TPSA) is 85.8 Å². The van der Waals surface area contributed by atoms with E-state index in [0.717, 1.165) is 0 Å². The second-order valence-corrected chi connectivity index (χ2v) is 6.84. The van der Waals surface area contributed by atoms with E-state index in [4.69, 9.17) is 14.9 Å². The Hall–Kier alpha value is -0.410. The summed E-state index contributed by atoms with van der Waals surface area (Å²) >= 11 is 3.12. The van der Waals surface area contributed by atoms with Crippen LogP contribution in [0, 0.1) is 0 Å². The molecule has 0 unspecified atom stereocenters. The third-order valence-corrected chi connectivity index (χ3v) is 5.52. The Morgan fingerprint density at radius 2 is 2.16 bits per heavy atom. The molecular formula is C11H19BrN2O4S. The molecule has 1 heterocycles. The van der Waals surface area contributed by atoms with Gasteiger partial charge in [-0.25, -0.2) is 8.42 Å². The van der Waals surface area contributed by atoms with Gasteiger partial charge in [0, 0.05) is 25.8 Å². The van der Waals surface area contributed by atoms with Crippen molar-refractivity contribution in [2.24, 2.45) is 5.73 Å². The molecule has 19 heavy (non-hydrogen) atoms. The van der Waals surface area contributed by atoms with Crippen molar-refractivity contribution in [2.75, 3.05) is 20.3 Å². The fourth-order valence-corrected chi connectivity index (χ4v) is 4.22. The molecule has 0 amide bonds. The Labute approximate surface area is 122 Å². The molecular weight excluding hydrogens is 336 g/mol. The molecule has 0 aliphatic rings. The van der Waals surface area contributed by atoms with E-state index in [0.29, 0.717) is 12.4 Å². The van der Waals surface area contributed by atoms with Crippen molar-refractivity contribution in [3.63, 3.8) is 0 Å². The lowest BCUT2D eigenvalue weighted by Gasteiger charge is -2.24. The molecule has 1 aromatic heterocycles. The van der Waals surface area contributed by atoms with Gasteiger partial charge in [0.2, 0.25) is 10.0 Å². The smallest absolute Gasteiger partial charge is 0.247 e. The Bertz CT molecular complexity index is 513. The number of sulfonamides is 1. The number of ether oxygens (including phenoxy) is 1. The van der Waals surface area contributed by atoms with Crippen molar-refractivity contribution in [2.45, 2.75) is 31.3 Å². The monoisotopic (exact) mass is 354 g/mol. The molecule has 0 atom stereocenters. The van der Waals surface area contributed by atoms with Gasteiger partial charge in [0.1, 0.15) is 10.7 Å². The van der Waals surface area contributed by atoms with Gasteiger partial charge in [-0.15, -0.1) is 0 Å². The molecule has 0 bridgehead atoms. The first-order valence-electron chi connectivity index (χ1n) is 5.83. The van der Waals surface area contributed by atoms with E-state index < -0.39 is 10.0 Å². The Morgan fingerprint density at radius 3 is 2.58 bits per heavy atom. The van der Waals surface area contributed by atoms with Gasteiger partial charge in [-0.2, -0.15) is 4.31 Å². The van der Waals surface area contributed by atoms with E-state index >= 15 is 0 Å². The van der Waals surface area contributed by atoms with Gasteiger partial charge in [-0.1, -0.05) is 0 Å². The molecule has 1 aromatic rings. The number of nitrogens with two attached hydrogens (primary N) is 1. The van der Waals surface area contributed by atoms with Gasteiger partial charge in [0.25, 0.3) is 0 Å². The van der Waals surface area contributed by atoms with Gasteiger partial charge in [-0.05, 0) is 29.8 Å². The fraction of sp³-hybridized carbons (Fsp3) is 0.636. The molecule has 0 radical (unpaired) electrons. The minimum absolute atomic E-state index is 0.0951. The van der Waals surface area contributed by atoms with Crippen LogP contribution in [0.5, 0.6) is 0 Å². The van der Waals surface area contributed by atoms with Crippen molar-refractivity contribution in [3.05, 3.63) is 16.5 Å². The maximum atomic E-state index is 12.6. The summed E-state index contributed by atoms with van der Waals surface area (Å²) < 4.78 is 36.9. The number of furan rings is 1. The lowest BCUT2D eigenvalue weighted by atomic mass is 10.4. The van der Waals surface area contributed by atoms with E-state index in [2.05, 4.69) is 15.9 Å². The average molecular weight is 355 g/mol. The van der Waals surface area contributed by atoms with Crippen molar-refractivity contribution in [1.29, 1.82) is 0 Å². The molecule has 0 aliphatic carbocycles. The predicted octanol–water partition coefficient (Wildman–Crippen LogP) is 1.55. The normalized spacial score (nSPS) is 12.6. The zero-order valence-corrected chi connectivity index (χ0v) is 13.6. The van der Waals surface area contributed by atoms with E-state index in [-0.39, 0.29) is 28.7 Å². The van der Waals surface area contributed by atoms with Crippen LogP contribution in [0.4, 0.5) is 0 Å². The fourth-order valence-electron chi connectivity index (χ4n) is 1.64. The zero-order chi connectivity index (χ0) is 14.6. The standard InChI is InChI=1S/C11H19BrN2O4S/c1-8(2)14(4-5-17-3)19(15,16)10-6-9(7-13)18-11(10)12/h6,8H,4-5,7,13H2,1-3H3. The molecule has 1 rings (SSSR count). The van der Waals surface area contributed by atoms with Crippen LogP contribution in [-0.2, 0) is 21.3 Å². The van der Waals surface area contributed by atoms with E-state index in [9.17, 15) is 8.42 Å². The minimum atomic E-state index is -3.64. The maximum Gasteiger partial charge on any atom is 0.247 e. The molecule has 8 heteroatoms. The van der Waals surface area contributed by atoms with Crippen LogP contribution in [0.3, 0.4) is 0 Å². The average Bonchev–Trinajstić information content (AvgIpc) is 2.71. The molecule has 0 saturated heterocycles. The lowest BCUT2D eigenvalue weighted by Crippen LogP contribution is -2.39. The number of hydrogen-bond acceptors (Lipinski definition) is 5. The van der Waals surface area contributed by atoms with E-state index in [1.807, 2.05) is 13.8 Å². The molecule has 0 aliphatic heterocycles. The number of hydrogen-bond donors (Lipinski definition) is 1. The summed E-state index contributed by atoms with van der Waals surface area (Å²) in [7, 11) is -2.10.